The predicted octanol–water partition coefficient (Wildman–Crippen LogP) is 8.41. The maximum atomic E-state index is 13.1. The van der Waals surface area contributed by atoms with Crippen molar-refractivity contribution in [1.29, 1.82) is 0 Å². The SMILES string of the molecule is C[C@H](NC(=O)OC(C)(C)C)c1ccc(C(=O)N(C)Cc2ccc(Br)cc2Oc2cc(Cl)cc(Cl)c2)cc1. The van der Waals surface area contributed by atoms with E-state index < -0.39 is 11.7 Å². The van der Waals surface area contributed by atoms with Crippen LogP contribution in [0.5, 0.6) is 11.5 Å². The molecule has 0 saturated heterocycles. The summed E-state index contributed by atoms with van der Waals surface area (Å²) in [6.07, 6.45) is -0.493. The van der Waals surface area contributed by atoms with E-state index in [9.17, 15) is 9.59 Å². The molecule has 196 valence electrons. The van der Waals surface area contributed by atoms with Crippen LogP contribution in [-0.4, -0.2) is 29.5 Å². The molecular formula is C28H29BrCl2N2O4. The zero-order valence-corrected chi connectivity index (χ0v) is 24.4. The Bertz CT molecular complexity index is 1260. The number of halogens is 3. The summed E-state index contributed by atoms with van der Waals surface area (Å²) >= 11 is 15.7. The third-order valence-electron chi connectivity index (χ3n) is 5.24. The average molecular weight is 608 g/mol. The number of carbonyl (C=O) groups is 2. The molecule has 2 amide bonds. The fourth-order valence-electron chi connectivity index (χ4n) is 3.50. The Morgan fingerprint density at radius 3 is 2.22 bits per heavy atom. The number of ether oxygens (including phenoxy) is 2. The number of amides is 2. The molecule has 3 aromatic carbocycles. The van der Waals surface area contributed by atoms with Gasteiger partial charge in [0.25, 0.3) is 5.91 Å². The molecule has 3 rings (SSSR count). The number of nitrogens with one attached hydrogen (secondary N) is 1. The van der Waals surface area contributed by atoms with E-state index in [1.807, 2.05) is 58.0 Å². The minimum atomic E-state index is -0.578. The highest BCUT2D eigenvalue weighted by Crippen LogP contribution is 2.33. The summed E-state index contributed by atoms with van der Waals surface area (Å²) in [5.41, 5.74) is 1.61. The number of alkyl carbamates (subject to hydrolysis) is 1. The first-order valence-corrected chi connectivity index (χ1v) is 13.1. The van der Waals surface area contributed by atoms with Gasteiger partial charge in [-0.05, 0) is 75.7 Å². The molecule has 0 spiro atoms. The van der Waals surface area contributed by atoms with Crippen molar-refractivity contribution in [3.05, 3.63) is 91.9 Å². The van der Waals surface area contributed by atoms with E-state index >= 15 is 0 Å². The lowest BCUT2D eigenvalue weighted by atomic mass is 10.1. The molecule has 0 aliphatic carbocycles. The second-order valence-corrected chi connectivity index (χ2v) is 11.4. The van der Waals surface area contributed by atoms with Gasteiger partial charge in [0.15, 0.2) is 0 Å². The van der Waals surface area contributed by atoms with Gasteiger partial charge in [0.05, 0.1) is 6.04 Å². The molecule has 0 heterocycles. The van der Waals surface area contributed by atoms with Crippen LogP contribution in [0.2, 0.25) is 10.0 Å². The first-order valence-electron chi connectivity index (χ1n) is 11.6. The molecule has 9 heteroatoms. The molecule has 0 bridgehead atoms. The minimum absolute atomic E-state index is 0.154. The molecule has 0 aliphatic rings. The summed E-state index contributed by atoms with van der Waals surface area (Å²) in [6, 6.07) is 17.4. The zero-order valence-electron chi connectivity index (χ0n) is 21.3. The van der Waals surface area contributed by atoms with E-state index in [4.69, 9.17) is 32.7 Å². The Morgan fingerprint density at radius 2 is 1.62 bits per heavy atom. The molecule has 0 radical (unpaired) electrons. The Balaban J connectivity index is 1.69. The second-order valence-electron chi connectivity index (χ2n) is 9.61. The average Bonchev–Trinajstić information content (AvgIpc) is 2.78. The van der Waals surface area contributed by atoms with E-state index in [1.165, 1.54) is 0 Å². The van der Waals surface area contributed by atoms with Crippen LogP contribution in [0.1, 0.15) is 55.2 Å². The summed E-state index contributed by atoms with van der Waals surface area (Å²) in [5.74, 6) is 0.916. The molecule has 0 aromatic heterocycles. The molecule has 0 saturated carbocycles. The maximum Gasteiger partial charge on any atom is 0.408 e. The maximum absolute atomic E-state index is 13.1. The van der Waals surface area contributed by atoms with E-state index in [2.05, 4.69) is 21.2 Å². The fourth-order valence-corrected chi connectivity index (χ4v) is 4.34. The van der Waals surface area contributed by atoms with Gasteiger partial charge in [-0.2, -0.15) is 0 Å². The topological polar surface area (TPSA) is 67.9 Å². The van der Waals surface area contributed by atoms with E-state index in [0.717, 1.165) is 15.6 Å². The zero-order chi connectivity index (χ0) is 27.3. The van der Waals surface area contributed by atoms with Crippen LogP contribution in [0.25, 0.3) is 0 Å². The highest BCUT2D eigenvalue weighted by atomic mass is 79.9. The Hall–Kier alpha value is -2.74. The molecule has 1 N–H and O–H groups in total. The van der Waals surface area contributed by atoms with Crippen molar-refractivity contribution in [2.75, 3.05) is 7.05 Å². The fraction of sp³-hybridized carbons (Fsp3) is 0.286. The number of nitrogens with zero attached hydrogens (tertiary/aromatic N) is 1. The van der Waals surface area contributed by atoms with Crippen molar-refractivity contribution in [2.45, 2.75) is 45.9 Å². The standard InChI is InChI=1S/C28H29BrCl2N2O4/c1-17(32-27(35)37-28(2,3)4)18-6-8-19(9-7-18)26(34)33(5)16-20-10-11-21(29)12-25(20)36-24-14-22(30)13-23(31)15-24/h6-15,17H,16H2,1-5H3,(H,32,35)/t17-/m0/s1. The van der Waals surface area contributed by atoms with Gasteiger partial charge in [0.1, 0.15) is 17.1 Å². The molecule has 6 nitrogen and oxygen atoms in total. The van der Waals surface area contributed by atoms with E-state index in [0.29, 0.717) is 33.7 Å². The van der Waals surface area contributed by atoms with Gasteiger partial charge in [-0.3, -0.25) is 4.79 Å². The largest absolute Gasteiger partial charge is 0.457 e. The first-order chi connectivity index (χ1) is 17.3. The summed E-state index contributed by atoms with van der Waals surface area (Å²) in [4.78, 5) is 26.8. The summed E-state index contributed by atoms with van der Waals surface area (Å²) in [6.45, 7) is 7.60. The summed E-state index contributed by atoms with van der Waals surface area (Å²) in [7, 11) is 1.73. The van der Waals surface area contributed by atoms with Crippen molar-refractivity contribution in [3.8, 4) is 11.5 Å². The minimum Gasteiger partial charge on any atom is -0.457 e. The number of hydrogen-bond donors (Lipinski definition) is 1. The van der Waals surface area contributed by atoms with Crippen molar-refractivity contribution < 1.29 is 19.1 Å². The second kappa shape index (κ2) is 12.2. The number of hydrogen-bond acceptors (Lipinski definition) is 4. The van der Waals surface area contributed by atoms with Gasteiger partial charge in [-0.1, -0.05) is 57.3 Å². The predicted molar refractivity (Wildman–Crippen MR) is 151 cm³/mol. The monoisotopic (exact) mass is 606 g/mol. The van der Waals surface area contributed by atoms with E-state index in [-0.39, 0.29) is 11.9 Å². The lowest BCUT2D eigenvalue weighted by Crippen LogP contribution is -2.34. The van der Waals surface area contributed by atoms with Gasteiger partial charge < -0.3 is 19.7 Å². The van der Waals surface area contributed by atoms with Crippen LogP contribution in [0, 0.1) is 0 Å². The van der Waals surface area contributed by atoms with Crippen LogP contribution >= 0.6 is 39.1 Å². The number of rotatable bonds is 7. The number of benzene rings is 3. The lowest BCUT2D eigenvalue weighted by molar-refractivity contribution is 0.0507. The van der Waals surface area contributed by atoms with Crippen molar-refractivity contribution in [2.24, 2.45) is 0 Å². The van der Waals surface area contributed by atoms with Gasteiger partial charge in [-0.15, -0.1) is 0 Å². The normalized spacial score (nSPS) is 12.0. The molecule has 37 heavy (non-hydrogen) atoms. The Labute approximate surface area is 236 Å². The van der Waals surface area contributed by atoms with Gasteiger partial charge in [-0.25, -0.2) is 4.79 Å². The van der Waals surface area contributed by atoms with Crippen molar-refractivity contribution >= 4 is 51.1 Å². The molecular weight excluding hydrogens is 579 g/mol. The lowest BCUT2D eigenvalue weighted by Gasteiger charge is -2.22. The first kappa shape index (κ1) is 28.8. The van der Waals surface area contributed by atoms with Gasteiger partial charge >= 0.3 is 6.09 Å². The van der Waals surface area contributed by atoms with E-state index in [1.54, 1.807) is 42.3 Å². The highest BCUT2D eigenvalue weighted by molar-refractivity contribution is 9.10. The molecule has 0 fully saturated rings. The van der Waals surface area contributed by atoms with Crippen LogP contribution in [0.15, 0.2) is 65.1 Å². The third-order valence-corrected chi connectivity index (χ3v) is 6.17. The molecule has 1 atom stereocenters. The Morgan fingerprint density at radius 1 is 1.00 bits per heavy atom. The van der Waals surface area contributed by atoms with Crippen LogP contribution < -0.4 is 10.1 Å². The Kier molecular flexibility index (Phi) is 9.51. The third kappa shape index (κ3) is 8.66. The molecule has 0 unspecified atom stereocenters. The van der Waals surface area contributed by atoms with Crippen molar-refractivity contribution in [1.82, 2.24) is 10.2 Å². The number of carbonyl (C=O) groups excluding carboxylic acids is 2. The van der Waals surface area contributed by atoms with Gasteiger partial charge in [0, 0.05) is 39.2 Å². The van der Waals surface area contributed by atoms with Crippen molar-refractivity contribution in [3.63, 3.8) is 0 Å². The van der Waals surface area contributed by atoms with Crippen LogP contribution in [0.4, 0.5) is 4.79 Å². The van der Waals surface area contributed by atoms with Crippen LogP contribution in [-0.2, 0) is 11.3 Å². The summed E-state index contributed by atoms with van der Waals surface area (Å²) < 4.78 is 12.2. The quantitative estimate of drug-likeness (QED) is 0.293. The van der Waals surface area contributed by atoms with Gasteiger partial charge in [0.2, 0.25) is 0 Å². The smallest absolute Gasteiger partial charge is 0.408 e. The summed E-state index contributed by atoms with van der Waals surface area (Å²) in [5, 5.41) is 3.73. The van der Waals surface area contributed by atoms with Crippen LogP contribution in [0.3, 0.4) is 0 Å². The highest BCUT2D eigenvalue weighted by Gasteiger charge is 2.19. The molecule has 3 aromatic rings. The molecule has 0 aliphatic heterocycles.